The molecule has 1 aromatic heterocycles. The molecule has 0 aliphatic heterocycles. The van der Waals surface area contributed by atoms with Gasteiger partial charge in [-0.3, -0.25) is 4.68 Å². The van der Waals surface area contributed by atoms with Gasteiger partial charge < -0.3 is 9.84 Å². The molecule has 1 aliphatic carbocycles. The first-order chi connectivity index (χ1) is 7.31. The molecule has 0 atom stereocenters. The lowest BCUT2D eigenvalue weighted by Gasteiger charge is -1.99. The van der Waals surface area contributed by atoms with E-state index in [1.54, 1.807) is 0 Å². The van der Waals surface area contributed by atoms with Crippen molar-refractivity contribution in [1.82, 2.24) is 9.78 Å². The molecule has 4 nitrogen and oxygen atoms in total. The Morgan fingerprint density at radius 2 is 2.20 bits per heavy atom. The summed E-state index contributed by atoms with van der Waals surface area (Å²) in [6, 6.07) is 0.588. The van der Waals surface area contributed by atoms with Crippen molar-refractivity contribution in [2.45, 2.75) is 39.7 Å². The summed E-state index contributed by atoms with van der Waals surface area (Å²) in [5.41, 5.74) is 1.04. The Morgan fingerprint density at radius 1 is 1.53 bits per heavy atom. The average molecular weight is 212 g/mol. The van der Waals surface area contributed by atoms with Gasteiger partial charge in [-0.1, -0.05) is 13.8 Å². The molecule has 2 rings (SSSR count). The van der Waals surface area contributed by atoms with Crippen LogP contribution < -0.4 is 4.74 Å². The van der Waals surface area contributed by atoms with Crippen molar-refractivity contribution in [2.24, 2.45) is 0 Å². The summed E-state index contributed by atoms with van der Waals surface area (Å²) in [6.07, 6.45) is 4.45. The van der Waals surface area contributed by atoms with E-state index in [2.05, 4.69) is 5.10 Å². The minimum Gasteiger partial charge on any atom is -0.474 e. The van der Waals surface area contributed by atoms with Crippen molar-refractivity contribution in [3.8, 4) is 5.88 Å². The van der Waals surface area contributed by atoms with Crippen LogP contribution in [0.1, 0.15) is 38.3 Å². The molecule has 0 unspecified atom stereocenters. The Labute approximate surface area is 90.9 Å². The SMILES string of the molecule is CC.Cc1cn(C2CC2)nc1OCCO. The molecule has 86 valence electrons. The van der Waals surface area contributed by atoms with Crippen LogP contribution in [0.15, 0.2) is 6.20 Å². The summed E-state index contributed by atoms with van der Waals surface area (Å²) < 4.78 is 7.22. The second-order valence-electron chi connectivity index (χ2n) is 3.40. The van der Waals surface area contributed by atoms with E-state index < -0.39 is 0 Å². The monoisotopic (exact) mass is 212 g/mol. The number of aryl methyl sites for hydroxylation is 1. The van der Waals surface area contributed by atoms with Gasteiger partial charge in [0.05, 0.1) is 12.6 Å². The fraction of sp³-hybridized carbons (Fsp3) is 0.727. The minimum atomic E-state index is 0.0374. The first-order valence-electron chi connectivity index (χ1n) is 5.60. The predicted octanol–water partition coefficient (Wildman–Crippen LogP) is 1.92. The van der Waals surface area contributed by atoms with Crippen LogP contribution in [0.5, 0.6) is 5.88 Å². The third-order valence-corrected chi connectivity index (χ3v) is 2.12. The predicted molar refractivity (Wildman–Crippen MR) is 59.2 cm³/mol. The van der Waals surface area contributed by atoms with Crippen LogP contribution in [-0.2, 0) is 0 Å². The number of aromatic nitrogens is 2. The third kappa shape index (κ3) is 3.23. The zero-order valence-electron chi connectivity index (χ0n) is 9.73. The molecule has 15 heavy (non-hydrogen) atoms. The first kappa shape index (κ1) is 12.0. The van der Waals surface area contributed by atoms with Gasteiger partial charge in [-0.2, -0.15) is 0 Å². The summed E-state index contributed by atoms with van der Waals surface area (Å²) >= 11 is 0. The van der Waals surface area contributed by atoms with Crippen molar-refractivity contribution in [3.05, 3.63) is 11.8 Å². The number of aliphatic hydroxyl groups is 1. The van der Waals surface area contributed by atoms with Crippen LogP contribution in [0.2, 0.25) is 0 Å². The molecule has 1 saturated carbocycles. The summed E-state index contributed by atoms with van der Waals surface area (Å²) in [4.78, 5) is 0. The minimum absolute atomic E-state index is 0.0374. The van der Waals surface area contributed by atoms with E-state index in [-0.39, 0.29) is 6.61 Å². The van der Waals surface area contributed by atoms with Gasteiger partial charge in [-0.15, -0.1) is 5.10 Å². The Bertz CT molecular complexity index is 293. The van der Waals surface area contributed by atoms with Crippen LogP contribution in [0.4, 0.5) is 0 Å². The number of rotatable bonds is 4. The molecule has 1 aliphatic rings. The smallest absolute Gasteiger partial charge is 0.235 e. The van der Waals surface area contributed by atoms with Crippen molar-refractivity contribution in [2.75, 3.05) is 13.2 Å². The average Bonchev–Trinajstić information content (AvgIpc) is 3.04. The topological polar surface area (TPSA) is 47.3 Å². The van der Waals surface area contributed by atoms with Gasteiger partial charge in [0.25, 0.3) is 0 Å². The van der Waals surface area contributed by atoms with Gasteiger partial charge in [0.1, 0.15) is 6.61 Å². The first-order valence-corrected chi connectivity index (χ1v) is 5.60. The third-order valence-electron chi connectivity index (χ3n) is 2.12. The molecule has 0 amide bonds. The lowest BCUT2D eigenvalue weighted by molar-refractivity contribution is 0.195. The molecule has 0 spiro atoms. The number of nitrogens with zero attached hydrogens (tertiary/aromatic N) is 2. The van der Waals surface area contributed by atoms with Gasteiger partial charge >= 0.3 is 0 Å². The number of hydrogen-bond acceptors (Lipinski definition) is 3. The molecular formula is C11H20N2O2. The van der Waals surface area contributed by atoms with Crippen molar-refractivity contribution in [1.29, 1.82) is 0 Å². The van der Waals surface area contributed by atoms with Gasteiger partial charge in [0.15, 0.2) is 0 Å². The molecule has 4 heteroatoms. The van der Waals surface area contributed by atoms with Crippen LogP contribution in [-0.4, -0.2) is 28.1 Å². The molecule has 0 aromatic carbocycles. The molecule has 0 saturated heterocycles. The molecule has 0 bridgehead atoms. The van der Waals surface area contributed by atoms with E-state index in [1.807, 2.05) is 31.6 Å². The van der Waals surface area contributed by atoms with E-state index in [4.69, 9.17) is 9.84 Å². The highest BCUT2D eigenvalue weighted by molar-refractivity contribution is 5.21. The van der Waals surface area contributed by atoms with Crippen molar-refractivity contribution in [3.63, 3.8) is 0 Å². The number of hydrogen-bond donors (Lipinski definition) is 1. The van der Waals surface area contributed by atoms with Gasteiger partial charge in [0, 0.05) is 11.8 Å². The Hall–Kier alpha value is -1.03. The molecule has 1 aromatic rings. The maximum absolute atomic E-state index is 8.59. The Morgan fingerprint density at radius 3 is 2.73 bits per heavy atom. The summed E-state index contributed by atoms with van der Waals surface area (Å²) in [5.74, 6) is 0.654. The summed E-state index contributed by atoms with van der Waals surface area (Å²) in [7, 11) is 0. The Kier molecular flexibility index (Phi) is 4.62. The highest BCUT2D eigenvalue weighted by atomic mass is 16.5. The fourth-order valence-electron chi connectivity index (χ4n) is 1.28. The lowest BCUT2D eigenvalue weighted by Crippen LogP contribution is -2.03. The van der Waals surface area contributed by atoms with Gasteiger partial charge in [-0.25, -0.2) is 0 Å². The summed E-state index contributed by atoms with van der Waals surface area (Å²) in [5, 5.41) is 12.9. The number of ether oxygens (including phenoxy) is 1. The quantitative estimate of drug-likeness (QED) is 0.829. The fourth-order valence-corrected chi connectivity index (χ4v) is 1.28. The Balaban J connectivity index is 0.000000531. The van der Waals surface area contributed by atoms with Gasteiger partial charge in [0.2, 0.25) is 5.88 Å². The standard InChI is InChI=1S/C9H14N2O2.C2H6/c1-7-6-11(8-2-3-8)10-9(7)13-5-4-12;1-2/h6,8,12H,2-5H2,1H3;1-2H3. The highest BCUT2D eigenvalue weighted by Crippen LogP contribution is 2.35. The number of aliphatic hydroxyl groups excluding tert-OH is 1. The van der Waals surface area contributed by atoms with Crippen molar-refractivity contribution >= 4 is 0 Å². The van der Waals surface area contributed by atoms with Crippen LogP contribution in [0, 0.1) is 6.92 Å². The van der Waals surface area contributed by atoms with Crippen LogP contribution in [0.25, 0.3) is 0 Å². The molecule has 1 N–H and O–H groups in total. The van der Waals surface area contributed by atoms with Crippen molar-refractivity contribution < 1.29 is 9.84 Å². The zero-order chi connectivity index (χ0) is 11.3. The van der Waals surface area contributed by atoms with Crippen LogP contribution >= 0.6 is 0 Å². The van der Waals surface area contributed by atoms with E-state index in [9.17, 15) is 0 Å². The normalized spacial score (nSPS) is 14.4. The lowest BCUT2D eigenvalue weighted by atomic mass is 10.4. The molecule has 0 radical (unpaired) electrons. The zero-order valence-corrected chi connectivity index (χ0v) is 9.73. The highest BCUT2D eigenvalue weighted by Gasteiger charge is 2.25. The molecule has 1 heterocycles. The van der Waals surface area contributed by atoms with E-state index >= 15 is 0 Å². The van der Waals surface area contributed by atoms with Gasteiger partial charge in [-0.05, 0) is 19.8 Å². The largest absolute Gasteiger partial charge is 0.474 e. The van der Waals surface area contributed by atoms with E-state index in [0.29, 0.717) is 18.5 Å². The van der Waals surface area contributed by atoms with E-state index in [0.717, 1.165) is 5.56 Å². The van der Waals surface area contributed by atoms with E-state index in [1.165, 1.54) is 12.8 Å². The maximum Gasteiger partial charge on any atom is 0.235 e. The van der Waals surface area contributed by atoms with Crippen LogP contribution in [0.3, 0.4) is 0 Å². The summed E-state index contributed by atoms with van der Waals surface area (Å²) in [6.45, 7) is 6.33. The molecular weight excluding hydrogens is 192 g/mol. The molecule has 1 fully saturated rings. The second kappa shape index (κ2) is 5.75. The second-order valence-corrected chi connectivity index (χ2v) is 3.40. The maximum atomic E-state index is 8.59.